The first-order valence-corrected chi connectivity index (χ1v) is 12.8. The summed E-state index contributed by atoms with van der Waals surface area (Å²) in [7, 11) is -3.58. The Bertz CT molecular complexity index is 1050. The monoisotopic (exact) mass is 481 g/mol. The van der Waals surface area contributed by atoms with Gasteiger partial charge in [-0.2, -0.15) is 4.31 Å². The van der Waals surface area contributed by atoms with Crippen LogP contribution in [0, 0.1) is 5.92 Å². The summed E-state index contributed by atoms with van der Waals surface area (Å²) in [5.41, 5.74) is 0.472. The molecule has 1 aliphatic rings. The van der Waals surface area contributed by atoms with Gasteiger partial charge in [0.25, 0.3) is 5.22 Å². The lowest BCUT2D eigenvalue weighted by Crippen LogP contribution is -2.41. The molecule has 0 atom stereocenters. The second kappa shape index (κ2) is 10.9. The molecule has 1 saturated heterocycles. The molecule has 2 aromatic rings. The molecule has 1 aromatic heterocycles. The molecule has 10 nitrogen and oxygen atoms in total. The minimum atomic E-state index is -3.58. The normalized spacial score (nSPS) is 15.0. The molecule has 0 radical (unpaired) electrons. The Labute approximate surface area is 191 Å². The molecule has 3 amide bonds. The first-order chi connectivity index (χ1) is 15.3. The smallest absolute Gasteiger partial charge is 0.321 e. The highest BCUT2D eigenvalue weighted by Crippen LogP contribution is 2.27. The van der Waals surface area contributed by atoms with E-state index in [2.05, 4.69) is 20.8 Å². The van der Waals surface area contributed by atoms with Crippen molar-refractivity contribution in [2.75, 3.05) is 25.4 Å². The van der Waals surface area contributed by atoms with Crippen LogP contribution in [0.1, 0.15) is 33.1 Å². The summed E-state index contributed by atoms with van der Waals surface area (Å²) >= 11 is 0.984. The van der Waals surface area contributed by atoms with Gasteiger partial charge in [0.05, 0.1) is 10.6 Å². The Morgan fingerprint density at radius 1 is 1.19 bits per heavy atom. The highest BCUT2D eigenvalue weighted by atomic mass is 32.2. The number of sulfonamides is 1. The van der Waals surface area contributed by atoms with Crippen LogP contribution in [0.5, 0.6) is 0 Å². The minimum absolute atomic E-state index is 0.0832. The van der Waals surface area contributed by atoms with Gasteiger partial charge in [0.1, 0.15) is 0 Å². The first kappa shape index (κ1) is 24.2. The Balaban J connectivity index is 1.60. The van der Waals surface area contributed by atoms with E-state index in [0.717, 1.165) is 31.0 Å². The molecule has 3 rings (SSSR count). The van der Waals surface area contributed by atoms with Crippen LogP contribution < -0.4 is 10.6 Å². The van der Waals surface area contributed by atoms with E-state index in [1.54, 1.807) is 18.2 Å². The average molecular weight is 482 g/mol. The molecule has 2 N–H and O–H groups in total. The largest absolute Gasteiger partial charge is 0.411 e. The molecule has 0 saturated carbocycles. The molecule has 1 fully saturated rings. The maximum Gasteiger partial charge on any atom is 0.321 e. The van der Waals surface area contributed by atoms with Crippen LogP contribution in [0.25, 0.3) is 11.5 Å². The van der Waals surface area contributed by atoms with Crippen LogP contribution in [-0.2, 0) is 14.8 Å². The van der Waals surface area contributed by atoms with Gasteiger partial charge >= 0.3 is 6.03 Å². The number of aromatic nitrogens is 2. The number of rotatable bonds is 8. The summed E-state index contributed by atoms with van der Waals surface area (Å²) in [6.45, 7) is 5.40. The van der Waals surface area contributed by atoms with Gasteiger partial charge in [-0.25, -0.2) is 13.2 Å². The van der Waals surface area contributed by atoms with Gasteiger partial charge in [0.2, 0.25) is 21.8 Å². The SMILES string of the molecule is CC(C)CNC(=O)NC(=O)CSc1nnc(-c2cccc(S(=O)(=O)N3CCCCC3)c2)o1. The predicted molar refractivity (Wildman–Crippen MR) is 119 cm³/mol. The lowest BCUT2D eigenvalue weighted by Gasteiger charge is -2.25. The second-order valence-electron chi connectivity index (χ2n) is 7.81. The zero-order valence-electron chi connectivity index (χ0n) is 18.0. The molecule has 12 heteroatoms. The van der Waals surface area contributed by atoms with Crippen molar-refractivity contribution < 1.29 is 22.4 Å². The third-order valence-corrected chi connectivity index (χ3v) is 7.40. The molecule has 0 unspecified atom stereocenters. The first-order valence-electron chi connectivity index (χ1n) is 10.4. The fourth-order valence-corrected chi connectivity index (χ4v) is 5.19. The van der Waals surface area contributed by atoms with Crippen molar-refractivity contribution in [3.8, 4) is 11.5 Å². The zero-order valence-corrected chi connectivity index (χ0v) is 19.7. The number of benzene rings is 1. The van der Waals surface area contributed by atoms with Crippen molar-refractivity contribution in [3.63, 3.8) is 0 Å². The van der Waals surface area contributed by atoms with Crippen LogP contribution in [0.2, 0.25) is 0 Å². The van der Waals surface area contributed by atoms with E-state index in [-0.39, 0.29) is 27.7 Å². The van der Waals surface area contributed by atoms with E-state index in [1.165, 1.54) is 10.4 Å². The maximum absolute atomic E-state index is 12.9. The lowest BCUT2D eigenvalue weighted by atomic mass is 10.2. The number of hydrogen-bond acceptors (Lipinski definition) is 8. The predicted octanol–water partition coefficient (Wildman–Crippen LogP) is 2.49. The summed E-state index contributed by atoms with van der Waals surface area (Å²) < 4.78 is 32.9. The maximum atomic E-state index is 12.9. The molecular formula is C20H27N5O5S2. The van der Waals surface area contributed by atoms with E-state index in [9.17, 15) is 18.0 Å². The molecule has 0 bridgehead atoms. The molecule has 174 valence electrons. The highest BCUT2D eigenvalue weighted by Gasteiger charge is 2.26. The molecule has 0 spiro atoms. The van der Waals surface area contributed by atoms with Crippen LogP contribution in [0.3, 0.4) is 0 Å². The number of piperidine rings is 1. The van der Waals surface area contributed by atoms with Gasteiger partial charge < -0.3 is 9.73 Å². The number of hydrogen-bond donors (Lipinski definition) is 2. The van der Waals surface area contributed by atoms with E-state index >= 15 is 0 Å². The van der Waals surface area contributed by atoms with E-state index in [4.69, 9.17) is 4.42 Å². The Morgan fingerprint density at radius 3 is 2.66 bits per heavy atom. The average Bonchev–Trinajstić information content (AvgIpc) is 3.26. The van der Waals surface area contributed by atoms with Crippen LogP contribution in [0.4, 0.5) is 4.79 Å². The Morgan fingerprint density at radius 2 is 1.94 bits per heavy atom. The van der Waals surface area contributed by atoms with Gasteiger partial charge in [0.15, 0.2) is 0 Å². The second-order valence-corrected chi connectivity index (χ2v) is 10.7. The number of amides is 3. The summed E-state index contributed by atoms with van der Waals surface area (Å²) in [5.74, 6) is -0.153. The van der Waals surface area contributed by atoms with Gasteiger partial charge in [-0.1, -0.05) is 38.1 Å². The summed E-state index contributed by atoms with van der Waals surface area (Å²) in [6, 6.07) is 5.82. The topological polar surface area (TPSA) is 134 Å². The van der Waals surface area contributed by atoms with Crippen molar-refractivity contribution in [2.45, 2.75) is 43.2 Å². The number of urea groups is 1. The van der Waals surface area contributed by atoms with Crippen LogP contribution in [-0.4, -0.2) is 60.2 Å². The van der Waals surface area contributed by atoms with Crippen LogP contribution >= 0.6 is 11.8 Å². The standard InChI is InChI=1S/C20H27N5O5S2/c1-14(2)12-21-19(27)22-17(26)13-31-20-24-23-18(30-20)15-7-6-8-16(11-15)32(28,29)25-9-4-3-5-10-25/h6-8,11,14H,3-5,9-10,12-13H2,1-2H3,(H2,21,22,26,27). The number of nitrogens with one attached hydrogen (secondary N) is 2. The molecular weight excluding hydrogens is 454 g/mol. The van der Waals surface area contributed by atoms with Crippen LogP contribution in [0.15, 0.2) is 38.8 Å². The van der Waals surface area contributed by atoms with Crippen molar-refractivity contribution in [1.82, 2.24) is 25.1 Å². The molecule has 1 aromatic carbocycles. The van der Waals surface area contributed by atoms with Gasteiger partial charge in [-0.3, -0.25) is 10.1 Å². The van der Waals surface area contributed by atoms with E-state index < -0.39 is 22.0 Å². The Kier molecular flexibility index (Phi) is 8.26. The Hall–Kier alpha value is -2.44. The zero-order chi connectivity index (χ0) is 23.1. The van der Waals surface area contributed by atoms with Gasteiger partial charge in [0, 0.05) is 25.2 Å². The van der Waals surface area contributed by atoms with Crippen molar-refractivity contribution >= 4 is 33.7 Å². The van der Waals surface area contributed by atoms with Crippen molar-refractivity contribution in [2.24, 2.45) is 5.92 Å². The third kappa shape index (κ3) is 6.53. The summed E-state index contributed by atoms with van der Waals surface area (Å²) in [5, 5.41) is 12.8. The van der Waals surface area contributed by atoms with E-state index in [1.807, 2.05) is 13.8 Å². The lowest BCUT2D eigenvalue weighted by molar-refractivity contribution is -0.117. The number of carbonyl (C=O) groups is 2. The summed E-state index contributed by atoms with van der Waals surface area (Å²) in [4.78, 5) is 23.7. The summed E-state index contributed by atoms with van der Waals surface area (Å²) in [6.07, 6.45) is 2.75. The number of nitrogens with zero attached hydrogens (tertiary/aromatic N) is 3. The van der Waals surface area contributed by atoms with Gasteiger partial charge in [-0.15, -0.1) is 10.2 Å². The molecule has 1 aliphatic heterocycles. The van der Waals surface area contributed by atoms with Crippen molar-refractivity contribution in [1.29, 1.82) is 0 Å². The third-order valence-electron chi connectivity index (χ3n) is 4.69. The van der Waals surface area contributed by atoms with Crippen molar-refractivity contribution in [3.05, 3.63) is 24.3 Å². The number of imide groups is 1. The number of carbonyl (C=O) groups excluding carboxylic acids is 2. The fourth-order valence-electron chi connectivity index (χ4n) is 3.06. The highest BCUT2D eigenvalue weighted by molar-refractivity contribution is 7.99. The van der Waals surface area contributed by atoms with E-state index in [0.29, 0.717) is 25.2 Å². The quantitative estimate of drug-likeness (QED) is 0.549. The fraction of sp³-hybridized carbons (Fsp3) is 0.500. The molecule has 2 heterocycles. The van der Waals surface area contributed by atoms with Gasteiger partial charge in [-0.05, 0) is 37.0 Å². The number of thioether (sulfide) groups is 1. The molecule has 32 heavy (non-hydrogen) atoms. The minimum Gasteiger partial charge on any atom is -0.411 e. The molecule has 0 aliphatic carbocycles.